The third-order valence-electron chi connectivity index (χ3n) is 4.14. The van der Waals surface area contributed by atoms with E-state index >= 15 is 0 Å². The highest BCUT2D eigenvalue weighted by Gasteiger charge is 2.36. The van der Waals surface area contributed by atoms with Crippen LogP contribution < -0.4 is 5.32 Å². The fourth-order valence-corrected chi connectivity index (χ4v) is 3.04. The minimum atomic E-state index is 0.0349. The average Bonchev–Trinajstić information content (AvgIpc) is 2.49. The van der Waals surface area contributed by atoms with Crippen molar-refractivity contribution in [3.63, 3.8) is 0 Å². The first-order chi connectivity index (χ1) is 9.31. The van der Waals surface area contributed by atoms with E-state index in [4.69, 9.17) is 0 Å². The van der Waals surface area contributed by atoms with Gasteiger partial charge in [0.25, 0.3) is 0 Å². The number of benzene rings is 1. The van der Waals surface area contributed by atoms with Gasteiger partial charge in [0.05, 0.1) is 5.69 Å². The van der Waals surface area contributed by atoms with Gasteiger partial charge in [0.15, 0.2) is 0 Å². The van der Waals surface area contributed by atoms with Crippen LogP contribution in [0.2, 0.25) is 0 Å². The molecule has 1 aliphatic rings. The van der Waals surface area contributed by atoms with Crippen LogP contribution in [-0.2, 0) is 5.41 Å². The topological polar surface area (TPSA) is 24.9 Å². The van der Waals surface area contributed by atoms with Gasteiger partial charge in [-0.1, -0.05) is 35.9 Å². The van der Waals surface area contributed by atoms with Gasteiger partial charge in [-0.25, -0.2) is 0 Å². The molecule has 1 saturated heterocycles. The maximum Gasteiger partial charge on any atom is 0.0522 e. The van der Waals surface area contributed by atoms with Crippen LogP contribution in [0.4, 0.5) is 0 Å². The fourth-order valence-electron chi connectivity index (χ4n) is 3.04. The molecular weight excluding hydrogens is 232 g/mol. The van der Waals surface area contributed by atoms with Crippen LogP contribution in [0.25, 0.3) is 0 Å². The van der Waals surface area contributed by atoms with Crippen molar-refractivity contribution in [3.05, 3.63) is 65.5 Å². The zero-order valence-corrected chi connectivity index (χ0v) is 11.4. The summed E-state index contributed by atoms with van der Waals surface area (Å²) in [6, 6.07) is 15.2. The summed E-state index contributed by atoms with van der Waals surface area (Å²) >= 11 is 0. The summed E-state index contributed by atoms with van der Waals surface area (Å²) < 4.78 is 0. The monoisotopic (exact) mass is 252 g/mol. The number of rotatable bonds is 2. The Morgan fingerprint density at radius 2 is 1.95 bits per heavy atom. The lowest BCUT2D eigenvalue weighted by Gasteiger charge is -2.38. The molecule has 1 fully saturated rings. The van der Waals surface area contributed by atoms with Gasteiger partial charge in [-0.2, -0.15) is 0 Å². The molecule has 1 aliphatic heterocycles. The van der Waals surface area contributed by atoms with Crippen LogP contribution in [0.1, 0.15) is 29.7 Å². The predicted octanol–water partition coefficient (Wildman–Crippen LogP) is 3.06. The van der Waals surface area contributed by atoms with Crippen LogP contribution in [0.15, 0.2) is 48.7 Å². The summed E-state index contributed by atoms with van der Waals surface area (Å²) in [4.78, 5) is 4.63. The average molecular weight is 252 g/mol. The third kappa shape index (κ3) is 2.28. The molecule has 0 saturated carbocycles. The zero-order valence-electron chi connectivity index (χ0n) is 11.4. The van der Waals surface area contributed by atoms with Crippen molar-refractivity contribution < 1.29 is 0 Å². The Bertz CT molecular complexity index is 525. The first-order valence-corrected chi connectivity index (χ1v) is 7.01. The summed E-state index contributed by atoms with van der Waals surface area (Å²) in [5, 5.41) is 3.55. The summed E-state index contributed by atoms with van der Waals surface area (Å²) in [6.07, 6.45) is 4.27. The summed E-state index contributed by atoms with van der Waals surface area (Å²) in [7, 11) is 0. The molecule has 1 aromatic heterocycles. The van der Waals surface area contributed by atoms with Crippen LogP contribution >= 0.6 is 0 Å². The van der Waals surface area contributed by atoms with E-state index in [9.17, 15) is 0 Å². The molecule has 2 heteroatoms. The van der Waals surface area contributed by atoms with Gasteiger partial charge in [0.2, 0.25) is 0 Å². The summed E-state index contributed by atoms with van der Waals surface area (Å²) in [6.45, 7) is 4.23. The quantitative estimate of drug-likeness (QED) is 0.888. The van der Waals surface area contributed by atoms with Gasteiger partial charge in [0, 0.05) is 18.2 Å². The van der Waals surface area contributed by atoms with E-state index in [1.807, 2.05) is 12.3 Å². The lowest BCUT2D eigenvalue weighted by Crippen LogP contribution is -2.44. The highest BCUT2D eigenvalue weighted by atomic mass is 14.9. The smallest absolute Gasteiger partial charge is 0.0522 e. The first kappa shape index (κ1) is 12.4. The van der Waals surface area contributed by atoms with Crippen LogP contribution in [0.5, 0.6) is 0 Å². The molecule has 0 aliphatic carbocycles. The van der Waals surface area contributed by atoms with Crippen LogP contribution in [0.3, 0.4) is 0 Å². The van der Waals surface area contributed by atoms with Gasteiger partial charge in [0.1, 0.15) is 0 Å². The standard InChI is InChI=1S/C17H20N2/c1-14-6-8-15(9-7-14)17(10-4-11-18-13-17)16-5-2-3-12-19-16/h2-3,5-9,12,18H,4,10-11,13H2,1H3. The minimum absolute atomic E-state index is 0.0349. The van der Waals surface area contributed by atoms with E-state index in [0.29, 0.717) is 0 Å². The molecule has 1 N–H and O–H groups in total. The molecular formula is C17H20N2. The van der Waals surface area contributed by atoms with Crippen molar-refractivity contribution in [1.82, 2.24) is 10.3 Å². The van der Waals surface area contributed by atoms with Crippen molar-refractivity contribution in [2.45, 2.75) is 25.2 Å². The van der Waals surface area contributed by atoms with E-state index in [2.05, 4.69) is 53.6 Å². The Balaban J connectivity index is 2.09. The zero-order chi connectivity index (χ0) is 13.1. The van der Waals surface area contributed by atoms with Crippen molar-refractivity contribution in [2.75, 3.05) is 13.1 Å². The van der Waals surface area contributed by atoms with Gasteiger partial charge >= 0.3 is 0 Å². The number of aromatic nitrogens is 1. The lowest BCUT2D eigenvalue weighted by atomic mass is 9.72. The second-order valence-electron chi connectivity index (χ2n) is 5.44. The second-order valence-corrected chi connectivity index (χ2v) is 5.44. The number of pyridine rings is 1. The highest BCUT2D eigenvalue weighted by molar-refractivity contribution is 5.38. The minimum Gasteiger partial charge on any atom is -0.315 e. The Morgan fingerprint density at radius 3 is 2.58 bits per heavy atom. The van der Waals surface area contributed by atoms with E-state index in [1.165, 1.54) is 29.7 Å². The Kier molecular flexibility index (Phi) is 3.34. The maximum atomic E-state index is 4.63. The van der Waals surface area contributed by atoms with Gasteiger partial charge in [-0.05, 0) is 44.0 Å². The Labute approximate surface area is 114 Å². The highest BCUT2D eigenvalue weighted by Crippen LogP contribution is 2.36. The molecule has 0 spiro atoms. The normalized spacial score (nSPS) is 23.2. The van der Waals surface area contributed by atoms with E-state index in [-0.39, 0.29) is 5.41 Å². The number of piperidine rings is 1. The first-order valence-electron chi connectivity index (χ1n) is 7.01. The number of nitrogens with one attached hydrogen (secondary N) is 1. The molecule has 2 aromatic rings. The number of hydrogen-bond donors (Lipinski definition) is 1. The fraction of sp³-hybridized carbons (Fsp3) is 0.353. The summed E-state index contributed by atoms with van der Waals surface area (Å²) in [5.74, 6) is 0. The molecule has 2 nitrogen and oxygen atoms in total. The number of aryl methyl sites for hydroxylation is 1. The van der Waals surface area contributed by atoms with Crippen LogP contribution in [-0.4, -0.2) is 18.1 Å². The number of hydrogen-bond acceptors (Lipinski definition) is 2. The summed E-state index contributed by atoms with van der Waals surface area (Å²) in [5.41, 5.74) is 3.91. The third-order valence-corrected chi connectivity index (χ3v) is 4.14. The molecule has 19 heavy (non-hydrogen) atoms. The van der Waals surface area contributed by atoms with Crippen molar-refractivity contribution in [3.8, 4) is 0 Å². The van der Waals surface area contributed by atoms with Gasteiger partial charge < -0.3 is 5.32 Å². The molecule has 0 amide bonds. The van der Waals surface area contributed by atoms with E-state index in [1.54, 1.807) is 0 Å². The Hall–Kier alpha value is -1.67. The van der Waals surface area contributed by atoms with Crippen molar-refractivity contribution >= 4 is 0 Å². The maximum absolute atomic E-state index is 4.63. The largest absolute Gasteiger partial charge is 0.315 e. The molecule has 2 heterocycles. The van der Waals surface area contributed by atoms with Crippen molar-refractivity contribution in [2.24, 2.45) is 0 Å². The molecule has 1 aromatic carbocycles. The Morgan fingerprint density at radius 1 is 1.11 bits per heavy atom. The van der Waals surface area contributed by atoms with Gasteiger partial charge in [-0.3, -0.25) is 4.98 Å². The molecule has 3 rings (SSSR count). The SMILES string of the molecule is Cc1ccc(C2(c3ccccn3)CCCNC2)cc1. The lowest BCUT2D eigenvalue weighted by molar-refractivity contribution is 0.358. The van der Waals surface area contributed by atoms with Crippen molar-refractivity contribution in [1.29, 1.82) is 0 Å². The van der Waals surface area contributed by atoms with E-state index < -0.39 is 0 Å². The molecule has 1 atom stereocenters. The molecule has 0 bridgehead atoms. The molecule has 0 radical (unpaired) electrons. The van der Waals surface area contributed by atoms with Gasteiger partial charge in [-0.15, -0.1) is 0 Å². The molecule has 98 valence electrons. The van der Waals surface area contributed by atoms with Crippen LogP contribution in [0, 0.1) is 6.92 Å². The molecule has 1 unspecified atom stereocenters. The van der Waals surface area contributed by atoms with E-state index in [0.717, 1.165) is 13.1 Å². The second kappa shape index (κ2) is 5.14. The number of nitrogens with zero attached hydrogens (tertiary/aromatic N) is 1. The predicted molar refractivity (Wildman–Crippen MR) is 78.3 cm³/mol.